The van der Waals surface area contributed by atoms with E-state index >= 15 is 0 Å². The number of para-hydroxylation sites is 1. The van der Waals surface area contributed by atoms with E-state index in [2.05, 4.69) is 295 Å². The van der Waals surface area contributed by atoms with Crippen LogP contribution in [0.2, 0.25) is 0 Å². The van der Waals surface area contributed by atoms with Gasteiger partial charge in [-0.05, 0) is 125 Å². The molecular weight excluding hydrogens is 855 g/mol. The summed E-state index contributed by atoms with van der Waals surface area (Å²) in [6, 6.07) is 93.7. The molecule has 0 fully saturated rings. The Morgan fingerprint density at radius 2 is 0.620 bits per heavy atom. The molecule has 0 radical (unpaired) electrons. The van der Waals surface area contributed by atoms with E-state index < -0.39 is 10.8 Å². The molecule has 0 amide bonds. The van der Waals surface area contributed by atoms with Crippen LogP contribution in [0.4, 0.5) is 17.1 Å². The molecule has 0 spiro atoms. The number of anilines is 3. The number of hydrogen-bond acceptors (Lipinski definition) is 1. The van der Waals surface area contributed by atoms with Crippen LogP contribution in [0.25, 0.3) is 33.4 Å². The van der Waals surface area contributed by atoms with Gasteiger partial charge in [-0.25, -0.2) is 0 Å². The van der Waals surface area contributed by atoms with Crippen molar-refractivity contribution < 1.29 is 0 Å². The Bertz CT molecular complexity index is 3380. The van der Waals surface area contributed by atoms with Crippen molar-refractivity contribution >= 4 is 17.1 Å². The highest BCUT2D eigenvalue weighted by Gasteiger charge is 2.48. The van der Waals surface area contributed by atoms with Crippen LogP contribution in [0, 0.1) is 0 Å². The molecule has 2 atom stereocenters. The lowest BCUT2D eigenvalue weighted by molar-refractivity contribution is 0.589. The topological polar surface area (TPSA) is 3.24 Å². The number of fused-ring (bicyclic) bond motifs is 6. The van der Waals surface area contributed by atoms with Gasteiger partial charge in [-0.3, -0.25) is 0 Å². The maximum atomic E-state index is 2.51. The van der Waals surface area contributed by atoms with Gasteiger partial charge in [0.25, 0.3) is 0 Å². The van der Waals surface area contributed by atoms with Crippen LogP contribution in [0.1, 0.15) is 97.2 Å². The second-order valence-corrected chi connectivity index (χ2v) is 21.7. The van der Waals surface area contributed by atoms with E-state index in [1.165, 1.54) is 89.0 Å². The maximum Gasteiger partial charge on any atom is 0.0713 e. The van der Waals surface area contributed by atoms with Crippen molar-refractivity contribution in [1.82, 2.24) is 0 Å². The zero-order valence-electron chi connectivity index (χ0n) is 41.6. The third-order valence-electron chi connectivity index (χ3n) is 15.6. The van der Waals surface area contributed by atoms with E-state index in [0.717, 1.165) is 17.1 Å². The van der Waals surface area contributed by atoms with Gasteiger partial charge in [0.15, 0.2) is 0 Å². The van der Waals surface area contributed by atoms with Gasteiger partial charge in [-0.1, -0.05) is 260 Å². The summed E-state index contributed by atoms with van der Waals surface area (Å²) in [6.45, 7) is 13.8. The van der Waals surface area contributed by atoms with Crippen molar-refractivity contribution in [3.05, 3.63) is 304 Å². The molecule has 0 N–H and O–H groups in total. The van der Waals surface area contributed by atoms with E-state index in [1.807, 2.05) is 0 Å². The molecule has 71 heavy (non-hydrogen) atoms. The van der Waals surface area contributed by atoms with Crippen LogP contribution in [0.15, 0.2) is 249 Å². The predicted molar refractivity (Wildman–Crippen MR) is 299 cm³/mol. The molecule has 12 rings (SSSR count). The monoisotopic (exact) mass is 913 g/mol. The van der Waals surface area contributed by atoms with Crippen molar-refractivity contribution in [1.29, 1.82) is 0 Å². The van der Waals surface area contributed by atoms with Gasteiger partial charge in [-0.2, -0.15) is 0 Å². The maximum absolute atomic E-state index is 2.51. The first-order valence-corrected chi connectivity index (χ1v) is 25.3. The molecule has 0 aliphatic heterocycles. The molecule has 0 bridgehead atoms. The standard InChI is InChI=1S/C70H59N/c1-67(2,3)49-34-38-53(39-35-49)69(51-24-12-8-13-25-51)62-31-19-16-29-58(62)60-46-55(42-44-64(60)69)71(66-33-21-18-28-57(66)48-22-10-7-11-23-48)56-43-45-65-61(47-56)59-30-17-20-32-63(59)70(65,52-26-14-9-15-27-52)54-40-36-50(37-41-54)68(4,5)6/h7-47H,1-6H3. The van der Waals surface area contributed by atoms with Crippen molar-refractivity contribution in [2.45, 2.75) is 63.2 Å². The second kappa shape index (κ2) is 16.9. The molecule has 344 valence electrons. The van der Waals surface area contributed by atoms with E-state index in [1.54, 1.807) is 0 Å². The van der Waals surface area contributed by atoms with Crippen LogP contribution in [-0.2, 0) is 21.7 Å². The first kappa shape index (κ1) is 44.2. The number of rotatable bonds is 8. The fraction of sp³-hybridized carbons (Fsp3) is 0.143. The number of nitrogens with zero attached hydrogens (tertiary/aromatic N) is 1. The summed E-state index contributed by atoms with van der Waals surface area (Å²) in [6.07, 6.45) is 0. The van der Waals surface area contributed by atoms with E-state index in [-0.39, 0.29) is 10.8 Å². The Labute approximate surface area is 420 Å². The zero-order valence-corrected chi connectivity index (χ0v) is 41.6. The highest BCUT2D eigenvalue weighted by atomic mass is 15.1. The molecule has 1 nitrogen and oxygen atoms in total. The van der Waals surface area contributed by atoms with Gasteiger partial charge >= 0.3 is 0 Å². The van der Waals surface area contributed by atoms with E-state index in [4.69, 9.17) is 0 Å². The molecule has 0 saturated heterocycles. The summed E-state index contributed by atoms with van der Waals surface area (Å²) in [7, 11) is 0. The van der Waals surface area contributed by atoms with Crippen molar-refractivity contribution in [2.24, 2.45) is 0 Å². The summed E-state index contributed by atoms with van der Waals surface area (Å²) in [5.41, 5.74) is 22.7. The number of hydrogen-bond donors (Lipinski definition) is 0. The molecule has 0 aromatic heterocycles. The summed E-state index contributed by atoms with van der Waals surface area (Å²) < 4.78 is 0. The summed E-state index contributed by atoms with van der Waals surface area (Å²) in [5.74, 6) is 0. The summed E-state index contributed by atoms with van der Waals surface area (Å²) in [5, 5.41) is 0. The largest absolute Gasteiger partial charge is 0.310 e. The molecule has 0 heterocycles. The summed E-state index contributed by atoms with van der Waals surface area (Å²) >= 11 is 0. The molecule has 1 heteroatoms. The second-order valence-electron chi connectivity index (χ2n) is 21.7. The summed E-state index contributed by atoms with van der Waals surface area (Å²) in [4.78, 5) is 2.51. The fourth-order valence-electron chi connectivity index (χ4n) is 12.2. The SMILES string of the molecule is CC(C)(C)c1ccc(C2(c3ccccc3)c3ccccc3-c3cc(N(c4ccc5c(c4)-c4ccccc4C5(c4ccccc4)c4ccc(C(C)(C)C)cc4)c4ccccc4-c4ccccc4)ccc32)cc1. The van der Waals surface area contributed by atoms with Gasteiger partial charge in [0, 0.05) is 16.9 Å². The molecule has 2 aliphatic carbocycles. The quantitative estimate of drug-likeness (QED) is 0.147. The Kier molecular flexibility index (Phi) is 10.5. The van der Waals surface area contributed by atoms with Crippen LogP contribution >= 0.6 is 0 Å². The van der Waals surface area contributed by atoms with Crippen molar-refractivity contribution in [3.63, 3.8) is 0 Å². The van der Waals surface area contributed by atoms with Crippen molar-refractivity contribution in [3.8, 4) is 33.4 Å². The average Bonchev–Trinajstić information content (AvgIpc) is 3.87. The number of benzene rings is 10. The zero-order chi connectivity index (χ0) is 48.5. The first-order valence-electron chi connectivity index (χ1n) is 25.3. The molecule has 2 unspecified atom stereocenters. The van der Waals surface area contributed by atoms with Gasteiger partial charge < -0.3 is 4.90 Å². The average molecular weight is 914 g/mol. The minimum Gasteiger partial charge on any atom is -0.310 e. The minimum atomic E-state index is -0.516. The van der Waals surface area contributed by atoms with E-state index in [0.29, 0.717) is 0 Å². The van der Waals surface area contributed by atoms with Gasteiger partial charge in [-0.15, -0.1) is 0 Å². The van der Waals surface area contributed by atoms with Crippen LogP contribution < -0.4 is 4.90 Å². The Morgan fingerprint density at radius 3 is 1.04 bits per heavy atom. The third kappa shape index (κ3) is 6.97. The van der Waals surface area contributed by atoms with Gasteiger partial charge in [0.05, 0.1) is 16.5 Å². The minimum absolute atomic E-state index is 0.0404. The normalized spacial score (nSPS) is 16.7. The van der Waals surface area contributed by atoms with Crippen LogP contribution in [-0.4, -0.2) is 0 Å². The third-order valence-corrected chi connectivity index (χ3v) is 15.6. The molecule has 0 saturated carbocycles. The van der Waals surface area contributed by atoms with Crippen molar-refractivity contribution in [2.75, 3.05) is 4.90 Å². The smallest absolute Gasteiger partial charge is 0.0713 e. The molecule has 2 aliphatic rings. The van der Waals surface area contributed by atoms with Gasteiger partial charge in [0.2, 0.25) is 0 Å². The molecule has 10 aromatic carbocycles. The Hall–Kier alpha value is -8.00. The van der Waals surface area contributed by atoms with E-state index in [9.17, 15) is 0 Å². The highest BCUT2D eigenvalue weighted by Crippen LogP contribution is 2.60. The molecular formula is C70H59N. The van der Waals surface area contributed by atoms with Crippen LogP contribution in [0.3, 0.4) is 0 Å². The molecule has 10 aromatic rings. The predicted octanol–water partition coefficient (Wildman–Crippen LogP) is 18.1. The fourth-order valence-corrected chi connectivity index (χ4v) is 12.2. The lowest BCUT2D eigenvalue weighted by Gasteiger charge is -2.35. The highest BCUT2D eigenvalue weighted by molar-refractivity contribution is 5.95. The Balaban J connectivity index is 1.11. The lowest BCUT2D eigenvalue weighted by atomic mass is 9.67. The lowest BCUT2D eigenvalue weighted by Crippen LogP contribution is -2.29. The Morgan fingerprint density at radius 1 is 0.282 bits per heavy atom. The first-order chi connectivity index (χ1) is 34.5. The van der Waals surface area contributed by atoms with Crippen LogP contribution in [0.5, 0.6) is 0 Å². The van der Waals surface area contributed by atoms with Gasteiger partial charge in [0.1, 0.15) is 0 Å².